The lowest BCUT2D eigenvalue weighted by Crippen LogP contribution is -1.96. The van der Waals surface area contributed by atoms with Crippen LogP contribution in [0.15, 0.2) is 34.8 Å². The fourth-order valence-electron chi connectivity index (χ4n) is 2.05. The van der Waals surface area contributed by atoms with E-state index >= 15 is 0 Å². The average molecular weight is 319 g/mol. The van der Waals surface area contributed by atoms with E-state index in [4.69, 9.17) is 0 Å². The summed E-state index contributed by atoms with van der Waals surface area (Å²) in [6.45, 7) is 8.42. The van der Waals surface area contributed by atoms with Gasteiger partial charge in [0.2, 0.25) is 0 Å². The highest BCUT2D eigenvalue weighted by Crippen LogP contribution is 2.29. The van der Waals surface area contributed by atoms with Crippen molar-refractivity contribution in [2.45, 2.75) is 33.6 Å². The summed E-state index contributed by atoms with van der Waals surface area (Å²) in [4.78, 5) is 4.38. The molecule has 0 unspecified atom stereocenters. The smallest absolute Gasteiger partial charge is 0.0528 e. The van der Waals surface area contributed by atoms with Gasteiger partial charge in [-0.05, 0) is 65.5 Å². The van der Waals surface area contributed by atoms with Gasteiger partial charge in [0.05, 0.1) is 5.69 Å². The van der Waals surface area contributed by atoms with E-state index in [2.05, 4.69) is 70.4 Å². The molecule has 2 nitrogen and oxygen atoms in total. The number of aromatic nitrogens is 1. The van der Waals surface area contributed by atoms with Crippen LogP contribution in [-0.4, -0.2) is 4.98 Å². The molecule has 0 atom stereocenters. The lowest BCUT2D eigenvalue weighted by atomic mass is 10.0. The molecule has 0 saturated heterocycles. The number of anilines is 2. The molecule has 0 bridgehead atoms. The minimum absolute atomic E-state index is 0.538. The number of pyridine rings is 1. The molecule has 0 amide bonds. The molecule has 0 aliphatic carbocycles. The van der Waals surface area contributed by atoms with E-state index < -0.39 is 0 Å². The molecule has 100 valence electrons. The Hall–Kier alpha value is -1.35. The van der Waals surface area contributed by atoms with Crippen molar-refractivity contribution in [2.75, 3.05) is 5.32 Å². The van der Waals surface area contributed by atoms with Crippen molar-refractivity contribution in [2.24, 2.45) is 0 Å². The summed E-state index contributed by atoms with van der Waals surface area (Å²) in [7, 11) is 0. The second-order valence-corrected chi connectivity index (χ2v) is 6.01. The zero-order chi connectivity index (χ0) is 14.0. The molecule has 1 heterocycles. The van der Waals surface area contributed by atoms with Crippen LogP contribution in [-0.2, 0) is 0 Å². The van der Waals surface area contributed by atoms with Crippen molar-refractivity contribution < 1.29 is 0 Å². The quantitative estimate of drug-likeness (QED) is 0.827. The molecule has 0 saturated carbocycles. The monoisotopic (exact) mass is 318 g/mol. The highest BCUT2D eigenvalue weighted by Gasteiger charge is 2.05. The van der Waals surface area contributed by atoms with Crippen LogP contribution in [0.5, 0.6) is 0 Å². The Labute approximate surface area is 123 Å². The maximum absolute atomic E-state index is 4.38. The third-order valence-electron chi connectivity index (χ3n) is 3.02. The van der Waals surface area contributed by atoms with Gasteiger partial charge in [-0.2, -0.15) is 0 Å². The van der Waals surface area contributed by atoms with E-state index in [0.717, 1.165) is 27.2 Å². The number of rotatable bonds is 3. The second-order valence-electron chi connectivity index (χ2n) is 5.16. The molecule has 1 aromatic carbocycles. The van der Waals surface area contributed by atoms with Crippen LogP contribution < -0.4 is 5.32 Å². The fraction of sp³-hybridized carbons (Fsp3) is 0.312. The minimum Gasteiger partial charge on any atom is -0.354 e. The molecule has 0 spiro atoms. The Balaban J connectivity index is 2.28. The third kappa shape index (κ3) is 3.57. The van der Waals surface area contributed by atoms with Crippen LogP contribution in [0.25, 0.3) is 0 Å². The van der Waals surface area contributed by atoms with Gasteiger partial charge in [0.1, 0.15) is 0 Å². The molecule has 0 fully saturated rings. The van der Waals surface area contributed by atoms with Gasteiger partial charge in [-0.15, -0.1) is 0 Å². The maximum atomic E-state index is 4.38. The average Bonchev–Trinajstić information content (AvgIpc) is 2.30. The second kappa shape index (κ2) is 5.74. The molecule has 0 aliphatic rings. The van der Waals surface area contributed by atoms with E-state index in [9.17, 15) is 0 Å². The van der Waals surface area contributed by atoms with Crippen molar-refractivity contribution in [1.29, 1.82) is 0 Å². The summed E-state index contributed by atoms with van der Waals surface area (Å²) in [5, 5.41) is 3.43. The summed E-state index contributed by atoms with van der Waals surface area (Å²) < 4.78 is 1.09. The van der Waals surface area contributed by atoms with E-state index in [1.165, 1.54) is 5.56 Å². The van der Waals surface area contributed by atoms with Crippen LogP contribution in [0.4, 0.5) is 11.4 Å². The number of nitrogens with zero attached hydrogens (tertiary/aromatic N) is 1. The van der Waals surface area contributed by atoms with Crippen molar-refractivity contribution in [3.63, 3.8) is 0 Å². The molecule has 0 aliphatic heterocycles. The number of benzene rings is 1. The first-order valence-electron chi connectivity index (χ1n) is 6.47. The Bertz CT molecular complexity index is 571. The van der Waals surface area contributed by atoms with E-state index in [1.807, 2.05) is 13.8 Å². The van der Waals surface area contributed by atoms with Gasteiger partial charge in [-0.25, -0.2) is 0 Å². The van der Waals surface area contributed by atoms with Crippen molar-refractivity contribution >= 4 is 27.3 Å². The van der Waals surface area contributed by atoms with Gasteiger partial charge in [0.15, 0.2) is 0 Å². The highest BCUT2D eigenvalue weighted by molar-refractivity contribution is 9.10. The molecule has 2 aromatic rings. The van der Waals surface area contributed by atoms with Gasteiger partial charge in [0, 0.05) is 21.5 Å². The van der Waals surface area contributed by atoms with E-state index in [0.29, 0.717) is 5.92 Å². The van der Waals surface area contributed by atoms with E-state index in [1.54, 1.807) is 0 Å². The van der Waals surface area contributed by atoms with Crippen molar-refractivity contribution in [3.8, 4) is 0 Å². The van der Waals surface area contributed by atoms with Crippen LogP contribution in [0.3, 0.4) is 0 Å². The molecule has 19 heavy (non-hydrogen) atoms. The molecule has 3 heteroatoms. The predicted molar refractivity (Wildman–Crippen MR) is 85.2 cm³/mol. The van der Waals surface area contributed by atoms with Crippen LogP contribution in [0.1, 0.15) is 36.7 Å². The SMILES string of the molecule is Cc1cc(Nc2ccc(C(C)C)cc2Br)cc(C)n1. The lowest BCUT2D eigenvalue weighted by molar-refractivity contribution is 0.866. The molecule has 1 aromatic heterocycles. The number of hydrogen-bond acceptors (Lipinski definition) is 2. The number of nitrogens with one attached hydrogen (secondary N) is 1. The van der Waals surface area contributed by atoms with Crippen LogP contribution in [0, 0.1) is 13.8 Å². The van der Waals surface area contributed by atoms with Gasteiger partial charge >= 0.3 is 0 Å². The fourth-order valence-corrected chi connectivity index (χ4v) is 2.55. The topological polar surface area (TPSA) is 24.9 Å². The van der Waals surface area contributed by atoms with Crippen LogP contribution in [0.2, 0.25) is 0 Å². The minimum atomic E-state index is 0.538. The summed E-state index contributed by atoms with van der Waals surface area (Å²) in [6.07, 6.45) is 0. The number of aryl methyl sites for hydroxylation is 2. The van der Waals surface area contributed by atoms with Crippen molar-refractivity contribution in [3.05, 3.63) is 51.8 Å². The maximum Gasteiger partial charge on any atom is 0.0528 e. The zero-order valence-electron chi connectivity index (χ0n) is 11.8. The highest BCUT2D eigenvalue weighted by atomic mass is 79.9. The zero-order valence-corrected chi connectivity index (χ0v) is 13.4. The summed E-state index contributed by atoms with van der Waals surface area (Å²) in [5.74, 6) is 0.538. The standard InChI is InChI=1S/C16H19BrN2/c1-10(2)13-5-6-16(15(17)9-13)19-14-7-11(3)18-12(4)8-14/h5-10H,1-4H3,(H,18,19). The Kier molecular flexibility index (Phi) is 4.25. The van der Waals surface area contributed by atoms with Gasteiger partial charge in [-0.3, -0.25) is 4.98 Å². The molecular weight excluding hydrogens is 300 g/mol. The Morgan fingerprint density at radius 2 is 1.68 bits per heavy atom. The predicted octanol–water partition coefficient (Wildman–Crippen LogP) is 5.33. The Morgan fingerprint density at radius 3 is 2.21 bits per heavy atom. The summed E-state index contributed by atoms with van der Waals surface area (Å²) in [5.41, 5.74) is 5.53. The molecule has 2 rings (SSSR count). The van der Waals surface area contributed by atoms with Gasteiger partial charge in [0.25, 0.3) is 0 Å². The largest absolute Gasteiger partial charge is 0.354 e. The molecule has 0 radical (unpaired) electrons. The molecular formula is C16H19BrN2. The lowest BCUT2D eigenvalue weighted by Gasteiger charge is -2.12. The first kappa shape index (κ1) is 14.1. The first-order chi connectivity index (χ1) is 8.95. The normalized spacial score (nSPS) is 10.8. The third-order valence-corrected chi connectivity index (χ3v) is 3.68. The Morgan fingerprint density at radius 1 is 1.05 bits per heavy atom. The van der Waals surface area contributed by atoms with Crippen molar-refractivity contribution in [1.82, 2.24) is 4.98 Å². The molecule has 1 N–H and O–H groups in total. The summed E-state index contributed by atoms with van der Waals surface area (Å²) in [6, 6.07) is 10.6. The first-order valence-corrected chi connectivity index (χ1v) is 7.27. The summed E-state index contributed by atoms with van der Waals surface area (Å²) >= 11 is 3.63. The van der Waals surface area contributed by atoms with Crippen LogP contribution >= 0.6 is 15.9 Å². The van der Waals surface area contributed by atoms with E-state index in [-0.39, 0.29) is 0 Å². The number of hydrogen-bond donors (Lipinski definition) is 1. The number of halogens is 1. The van der Waals surface area contributed by atoms with Gasteiger partial charge in [-0.1, -0.05) is 19.9 Å². The van der Waals surface area contributed by atoms with Gasteiger partial charge < -0.3 is 5.32 Å².